The zero-order valence-corrected chi connectivity index (χ0v) is 20.6. The van der Waals surface area contributed by atoms with Gasteiger partial charge in [-0.15, -0.1) is 11.3 Å². The molecule has 3 atom stereocenters. The van der Waals surface area contributed by atoms with E-state index in [2.05, 4.69) is 5.32 Å². The van der Waals surface area contributed by atoms with Crippen molar-refractivity contribution in [3.8, 4) is 33.4 Å². The van der Waals surface area contributed by atoms with Crippen LogP contribution < -0.4 is 10.1 Å². The summed E-state index contributed by atoms with van der Waals surface area (Å²) >= 11 is 6.71. The number of fused-ring (bicyclic) bond motifs is 2. The van der Waals surface area contributed by atoms with E-state index in [4.69, 9.17) is 21.6 Å². The van der Waals surface area contributed by atoms with Crippen LogP contribution in [0.2, 0.25) is 0 Å². The SMILES string of the molecule is COc1ccc(-c2sc(C(=O)N3C4CCC3C(NC(=O)Cl)C4)cc2-c2ccc(C#N)c(F)c2)cc1F. The van der Waals surface area contributed by atoms with Gasteiger partial charge in [0, 0.05) is 16.5 Å². The van der Waals surface area contributed by atoms with Crippen LogP contribution in [0.1, 0.15) is 34.5 Å². The molecule has 10 heteroatoms. The van der Waals surface area contributed by atoms with Crippen LogP contribution >= 0.6 is 22.9 Å². The molecule has 0 radical (unpaired) electrons. The first-order chi connectivity index (χ1) is 17.3. The average Bonchev–Trinajstić information content (AvgIpc) is 3.56. The third kappa shape index (κ3) is 4.21. The molecule has 36 heavy (non-hydrogen) atoms. The number of halogens is 3. The molecule has 2 aliphatic heterocycles. The predicted molar refractivity (Wildman–Crippen MR) is 132 cm³/mol. The number of amides is 2. The average molecular weight is 528 g/mol. The molecule has 2 aromatic carbocycles. The van der Waals surface area contributed by atoms with Crippen LogP contribution in [0.15, 0.2) is 42.5 Å². The minimum atomic E-state index is -0.682. The van der Waals surface area contributed by atoms with Crippen molar-refractivity contribution in [2.24, 2.45) is 0 Å². The van der Waals surface area contributed by atoms with Gasteiger partial charge in [0.15, 0.2) is 11.6 Å². The lowest BCUT2D eigenvalue weighted by atomic mass is 9.96. The Hall–Kier alpha value is -3.48. The van der Waals surface area contributed by atoms with Gasteiger partial charge in [0.2, 0.25) is 0 Å². The molecule has 0 spiro atoms. The molecule has 0 saturated carbocycles. The van der Waals surface area contributed by atoms with E-state index in [-0.39, 0.29) is 35.3 Å². The van der Waals surface area contributed by atoms with Gasteiger partial charge in [-0.25, -0.2) is 8.78 Å². The molecule has 1 N–H and O–H groups in total. The number of nitriles is 1. The van der Waals surface area contributed by atoms with E-state index < -0.39 is 17.0 Å². The second-order valence-electron chi connectivity index (χ2n) is 8.78. The van der Waals surface area contributed by atoms with Gasteiger partial charge in [-0.3, -0.25) is 9.59 Å². The summed E-state index contributed by atoms with van der Waals surface area (Å²) < 4.78 is 34.1. The van der Waals surface area contributed by atoms with E-state index in [1.807, 2.05) is 0 Å². The van der Waals surface area contributed by atoms with E-state index in [0.717, 1.165) is 12.8 Å². The third-order valence-electron chi connectivity index (χ3n) is 6.83. The summed E-state index contributed by atoms with van der Waals surface area (Å²) in [5, 5.41) is 11.2. The van der Waals surface area contributed by atoms with Crippen LogP contribution in [0.4, 0.5) is 13.6 Å². The molecule has 5 rings (SSSR count). The van der Waals surface area contributed by atoms with E-state index in [1.165, 1.54) is 42.7 Å². The minimum absolute atomic E-state index is 0.0178. The van der Waals surface area contributed by atoms with Gasteiger partial charge in [0.25, 0.3) is 5.91 Å². The smallest absolute Gasteiger partial charge is 0.314 e. The number of hydrogen-bond donors (Lipinski definition) is 1. The van der Waals surface area contributed by atoms with Crippen molar-refractivity contribution in [3.63, 3.8) is 0 Å². The summed E-state index contributed by atoms with van der Waals surface area (Å²) in [6.45, 7) is 0. The molecule has 6 nitrogen and oxygen atoms in total. The summed E-state index contributed by atoms with van der Waals surface area (Å²) in [6.07, 6.45) is 2.22. The quantitative estimate of drug-likeness (QED) is 0.329. The predicted octanol–water partition coefficient (Wildman–Crippen LogP) is 5.93. The fourth-order valence-electron chi connectivity index (χ4n) is 5.24. The largest absolute Gasteiger partial charge is 0.494 e. The highest BCUT2D eigenvalue weighted by molar-refractivity contribution is 7.18. The molecular formula is C26H20ClF2N3O3S. The number of carbonyl (C=O) groups excluding carboxylic acids is 2. The maximum absolute atomic E-state index is 14.6. The lowest BCUT2D eigenvalue weighted by Crippen LogP contribution is -2.43. The van der Waals surface area contributed by atoms with Crippen molar-refractivity contribution in [3.05, 3.63) is 64.5 Å². The van der Waals surface area contributed by atoms with Crippen molar-refractivity contribution in [1.82, 2.24) is 10.2 Å². The number of nitrogens with zero attached hydrogens (tertiary/aromatic N) is 2. The molecule has 184 valence electrons. The van der Waals surface area contributed by atoms with Crippen molar-refractivity contribution in [2.75, 3.05) is 7.11 Å². The van der Waals surface area contributed by atoms with Gasteiger partial charge in [-0.05, 0) is 78.4 Å². The van der Waals surface area contributed by atoms with Crippen LogP contribution in [0.25, 0.3) is 21.6 Å². The highest BCUT2D eigenvalue weighted by Crippen LogP contribution is 2.44. The molecule has 3 aromatic rings. The summed E-state index contributed by atoms with van der Waals surface area (Å²) in [4.78, 5) is 27.9. The fraction of sp³-hybridized carbons (Fsp3) is 0.269. The molecule has 2 aliphatic rings. The van der Waals surface area contributed by atoms with Crippen LogP contribution in [0.3, 0.4) is 0 Å². The van der Waals surface area contributed by atoms with Gasteiger partial charge in [-0.1, -0.05) is 6.07 Å². The highest BCUT2D eigenvalue weighted by atomic mass is 35.5. The number of nitrogens with one attached hydrogen (secondary N) is 1. The third-order valence-corrected chi connectivity index (χ3v) is 8.11. The normalized spacial score (nSPS) is 20.3. The molecule has 0 aliphatic carbocycles. The zero-order valence-electron chi connectivity index (χ0n) is 19.1. The van der Waals surface area contributed by atoms with Crippen molar-refractivity contribution in [1.29, 1.82) is 5.26 Å². The highest BCUT2D eigenvalue weighted by Gasteiger charge is 2.49. The molecule has 2 fully saturated rings. The maximum Gasteiger partial charge on any atom is 0.314 e. The Kier molecular flexibility index (Phi) is 6.41. The molecule has 2 amide bonds. The van der Waals surface area contributed by atoms with E-state index in [9.17, 15) is 18.4 Å². The fourth-order valence-corrected chi connectivity index (χ4v) is 6.50. The molecule has 3 heterocycles. The first-order valence-corrected chi connectivity index (χ1v) is 12.5. The van der Waals surface area contributed by atoms with Crippen molar-refractivity contribution >= 4 is 34.2 Å². The Bertz CT molecular complexity index is 1420. The molecule has 3 unspecified atom stereocenters. The second-order valence-corrected chi connectivity index (χ2v) is 10.2. The van der Waals surface area contributed by atoms with Crippen LogP contribution in [-0.2, 0) is 0 Å². The Labute approximate surface area is 215 Å². The standard InChI is InChI=1S/C26H20ClF2N3O3S/c1-35-22-7-4-14(9-19(22)29)24-17(13-2-3-15(12-30)18(28)8-13)11-23(36-24)25(33)32-16-5-6-21(32)20(10-16)31-26(27)34/h2-4,7-9,11,16,20-21H,5-6,10H2,1H3,(H,31,34). The number of carbonyl (C=O) groups is 2. The Morgan fingerprint density at radius 1 is 1.14 bits per heavy atom. The zero-order chi connectivity index (χ0) is 25.6. The monoisotopic (exact) mass is 527 g/mol. The number of ether oxygens (including phenoxy) is 1. The Morgan fingerprint density at radius 3 is 2.56 bits per heavy atom. The topological polar surface area (TPSA) is 82.4 Å². The van der Waals surface area contributed by atoms with Crippen molar-refractivity contribution < 1.29 is 23.1 Å². The van der Waals surface area contributed by atoms with Crippen molar-refractivity contribution in [2.45, 2.75) is 37.4 Å². The van der Waals surface area contributed by atoms with Gasteiger partial charge in [0.05, 0.1) is 29.6 Å². The summed E-state index contributed by atoms with van der Waals surface area (Å²) in [6, 6.07) is 11.8. The number of benzene rings is 2. The number of rotatable bonds is 5. The Balaban J connectivity index is 1.57. The second kappa shape index (κ2) is 9.52. The summed E-state index contributed by atoms with van der Waals surface area (Å²) in [5.74, 6) is -1.36. The van der Waals surface area contributed by atoms with Gasteiger partial charge < -0.3 is 15.0 Å². The van der Waals surface area contributed by atoms with Gasteiger partial charge in [-0.2, -0.15) is 5.26 Å². The minimum Gasteiger partial charge on any atom is -0.494 e. The first kappa shape index (κ1) is 24.2. The van der Waals surface area contributed by atoms with Gasteiger partial charge in [0.1, 0.15) is 11.9 Å². The van der Waals surface area contributed by atoms with Gasteiger partial charge >= 0.3 is 5.37 Å². The Morgan fingerprint density at radius 2 is 1.89 bits per heavy atom. The number of methoxy groups -OCH3 is 1. The lowest BCUT2D eigenvalue weighted by molar-refractivity contribution is 0.0729. The van der Waals surface area contributed by atoms with Crippen LogP contribution in [0, 0.1) is 23.0 Å². The van der Waals surface area contributed by atoms with E-state index >= 15 is 0 Å². The molecule has 1 aromatic heterocycles. The number of thiophene rings is 1. The number of hydrogen-bond acceptors (Lipinski definition) is 5. The summed E-state index contributed by atoms with van der Waals surface area (Å²) in [7, 11) is 1.37. The molecule has 2 bridgehead atoms. The lowest BCUT2D eigenvalue weighted by Gasteiger charge is -2.24. The molecule has 2 saturated heterocycles. The summed E-state index contributed by atoms with van der Waals surface area (Å²) in [5.41, 5.74) is 1.43. The van der Waals surface area contributed by atoms with Crippen LogP contribution in [-0.4, -0.2) is 41.4 Å². The molecular weight excluding hydrogens is 508 g/mol. The first-order valence-electron chi connectivity index (χ1n) is 11.3. The van der Waals surface area contributed by atoms with Crippen LogP contribution in [0.5, 0.6) is 5.75 Å². The van der Waals surface area contributed by atoms with E-state index in [1.54, 1.807) is 29.2 Å². The van der Waals surface area contributed by atoms with E-state index in [0.29, 0.717) is 32.9 Å². The maximum atomic E-state index is 14.6.